The van der Waals surface area contributed by atoms with Gasteiger partial charge < -0.3 is 10.2 Å². The Morgan fingerprint density at radius 1 is 1.40 bits per heavy atom. The fraction of sp³-hybridized carbons (Fsp3) is 0.900. The van der Waals surface area contributed by atoms with Gasteiger partial charge in [0, 0.05) is 31.5 Å². The van der Waals surface area contributed by atoms with Crippen LogP contribution in [-0.4, -0.2) is 35.2 Å². The average Bonchev–Trinajstić information content (AvgIpc) is 2.88. The molecule has 2 saturated heterocycles. The molecule has 3 heterocycles. The number of fused-ring (bicyclic) bond motifs is 2. The van der Waals surface area contributed by atoms with E-state index >= 15 is 0 Å². The normalized spacial score (nSPS) is 34.6. The van der Waals surface area contributed by atoms with E-state index in [9.17, 15) is 4.79 Å². The molecule has 2 unspecified atom stereocenters. The van der Waals surface area contributed by atoms with E-state index in [2.05, 4.69) is 15.5 Å². The molecule has 0 aromatic heterocycles. The first-order chi connectivity index (χ1) is 7.24. The van der Waals surface area contributed by atoms with Gasteiger partial charge in [-0.3, -0.25) is 0 Å². The Morgan fingerprint density at radius 2 is 2.00 bits per heavy atom. The van der Waals surface area contributed by atoms with Crippen LogP contribution in [0.2, 0.25) is 0 Å². The topological polar surface area (TPSA) is 57.1 Å². The van der Waals surface area contributed by atoms with Crippen LogP contribution in [0.1, 0.15) is 32.6 Å². The molecule has 3 aliphatic heterocycles. The molecule has 2 amide bonds. The maximum atomic E-state index is 11.8. The number of urea groups is 1. The number of carbonyl (C=O) groups excluding carboxylic acids is 1. The summed E-state index contributed by atoms with van der Waals surface area (Å²) < 4.78 is 0. The molecule has 2 bridgehead atoms. The van der Waals surface area contributed by atoms with Crippen LogP contribution in [0.25, 0.3) is 0 Å². The van der Waals surface area contributed by atoms with Crippen LogP contribution in [0, 0.1) is 0 Å². The van der Waals surface area contributed by atoms with Crippen molar-refractivity contribution in [3.63, 3.8) is 0 Å². The molecule has 3 rings (SSSR count). The molecule has 0 aromatic carbocycles. The van der Waals surface area contributed by atoms with E-state index < -0.39 is 0 Å². The van der Waals surface area contributed by atoms with Crippen LogP contribution in [0.3, 0.4) is 0 Å². The zero-order valence-electron chi connectivity index (χ0n) is 8.94. The summed E-state index contributed by atoms with van der Waals surface area (Å²) in [6.07, 6.45) is 4.13. The first-order valence-corrected chi connectivity index (χ1v) is 5.74. The molecular weight excluding hydrogens is 192 g/mol. The van der Waals surface area contributed by atoms with Gasteiger partial charge in [0.15, 0.2) is 5.66 Å². The van der Waals surface area contributed by atoms with Crippen molar-refractivity contribution in [1.82, 2.24) is 10.2 Å². The minimum absolute atomic E-state index is 0.0746. The third-order valence-electron chi connectivity index (χ3n) is 3.69. The van der Waals surface area contributed by atoms with Crippen LogP contribution in [0.4, 0.5) is 4.79 Å². The SMILES string of the molecule is CCNC(=O)N1C2CCC1CC1(C2)N=N1. The van der Waals surface area contributed by atoms with Crippen molar-refractivity contribution in [1.29, 1.82) is 0 Å². The lowest BCUT2D eigenvalue weighted by Crippen LogP contribution is -2.52. The van der Waals surface area contributed by atoms with Gasteiger partial charge in [-0.1, -0.05) is 0 Å². The highest BCUT2D eigenvalue weighted by Gasteiger charge is 2.55. The molecule has 15 heavy (non-hydrogen) atoms. The molecule has 2 atom stereocenters. The molecule has 2 fully saturated rings. The Labute approximate surface area is 88.9 Å². The number of nitrogens with one attached hydrogen (secondary N) is 1. The molecule has 1 spiro atoms. The average molecular weight is 208 g/mol. The van der Waals surface area contributed by atoms with Crippen molar-refractivity contribution in [3.8, 4) is 0 Å². The summed E-state index contributed by atoms with van der Waals surface area (Å²) in [4.78, 5) is 13.9. The summed E-state index contributed by atoms with van der Waals surface area (Å²) in [5.74, 6) is 0. The van der Waals surface area contributed by atoms with Gasteiger partial charge in [0.2, 0.25) is 0 Å². The number of hydrogen-bond donors (Lipinski definition) is 1. The smallest absolute Gasteiger partial charge is 0.317 e. The van der Waals surface area contributed by atoms with Crippen LogP contribution in [0.5, 0.6) is 0 Å². The monoisotopic (exact) mass is 208 g/mol. The molecule has 0 saturated carbocycles. The van der Waals surface area contributed by atoms with E-state index in [1.165, 1.54) is 0 Å². The minimum atomic E-state index is -0.0746. The van der Waals surface area contributed by atoms with Gasteiger partial charge in [0.05, 0.1) is 0 Å². The zero-order valence-corrected chi connectivity index (χ0v) is 8.94. The lowest BCUT2D eigenvalue weighted by molar-refractivity contribution is 0.130. The Hall–Kier alpha value is -1.13. The standard InChI is InChI=1S/C10H16N4O/c1-2-11-9(15)14-7-3-4-8(14)6-10(5-7)12-13-10/h7-8H,2-6H2,1H3,(H,11,15). The number of hydrogen-bond acceptors (Lipinski definition) is 3. The van der Waals surface area contributed by atoms with Crippen LogP contribution in [-0.2, 0) is 0 Å². The van der Waals surface area contributed by atoms with Crippen molar-refractivity contribution < 1.29 is 4.79 Å². The third kappa shape index (κ3) is 1.33. The Morgan fingerprint density at radius 3 is 2.47 bits per heavy atom. The summed E-state index contributed by atoms with van der Waals surface area (Å²) in [7, 11) is 0. The van der Waals surface area contributed by atoms with Crippen molar-refractivity contribution in [3.05, 3.63) is 0 Å². The Balaban J connectivity index is 1.73. The van der Waals surface area contributed by atoms with Gasteiger partial charge in [0.25, 0.3) is 0 Å². The van der Waals surface area contributed by atoms with Crippen molar-refractivity contribution >= 4 is 6.03 Å². The van der Waals surface area contributed by atoms with Gasteiger partial charge in [-0.25, -0.2) is 4.79 Å². The number of piperidine rings is 1. The Kier molecular flexibility index (Phi) is 1.78. The fourth-order valence-corrected chi connectivity index (χ4v) is 3.01. The molecule has 0 aromatic rings. The summed E-state index contributed by atoms with van der Waals surface area (Å²) in [5, 5.41) is 11.2. The van der Waals surface area contributed by atoms with Crippen LogP contribution < -0.4 is 5.32 Å². The lowest BCUT2D eigenvalue weighted by Gasteiger charge is -2.36. The summed E-state index contributed by atoms with van der Waals surface area (Å²) in [5.41, 5.74) is -0.0746. The zero-order chi connectivity index (χ0) is 10.5. The predicted octanol–water partition coefficient (Wildman–Crippen LogP) is 1.50. The second kappa shape index (κ2) is 2.93. The van der Waals surface area contributed by atoms with E-state index in [4.69, 9.17) is 0 Å². The van der Waals surface area contributed by atoms with E-state index in [-0.39, 0.29) is 11.7 Å². The molecule has 5 heteroatoms. The predicted molar refractivity (Wildman–Crippen MR) is 54.5 cm³/mol. The van der Waals surface area contributed by atoms with Crippen molar-refractivity contribution in [2.45, 2.75) is 50.4 Å². The quantitative estimate of drug-likeness (QED) is 0.697. The van der Waals surface area contributed by atoms with Gasteiger partial charge in [-0.15, -0.1) is 0 Å². The molecule has 1 N–H and O–H groups in total. The van der Waals surface area contributed by atoms with E-state index in [1.54, 1.807) is 0 Å². The van der Waals surface area contributed by atoms with Crippen LogP contribution in [0.15, 0.2) is 10.2 Å². The third-order valence-corrected chi connectivity index (χ3v) is 3.69. The molecule has 0 aliphatic carbocycles. The van der Waals surface area contributed by atoms with Gasteiger partial charge in [-0.2, -0.15) is 10.2 Å². The van der Waals surface area contributed by atoms with E-state index in [0.717, 1.165) is 25.7 Å². The summed E-state index contributed by atoms with van der Waals surface area (Å²) >= 11 is 0. The first-order valence-electron chi connectivity index (χ1n) is 5.74. The number of nitrogens with zero attached hydrogens (tertiary/aromatic N) is 3. The second-order valence-corrected chi connectivity index (χ2v) is 4.72. The molecule has 3 aliphatic rings. The maximum Gasteiger partial charge on any atom is 0.317 e. The lowest BCUT2D eigenvalue weighted by atomic mass is 9.94. The minimum Gasteiger partial charge on any atom is -0.338 e. The van der Waals surface area contributed by atoms with Crippen LogP contribution >= 0.6 is 0 Å². The largest absolute Gasteiger partial charge is 0.338 e. The molecule has 5 nitrogen and oxygen atoms in total. The van der Waals surface area contributed by atoms with Crippen molar-refractivity contribution in [2.75, 3.05) is 6.54 Å². The summed E-state index contributed by atoms with van der Waals surface area (Å²) in [6, 6.07) is 0.830. The van der Waals surface area contributed by atoms with Gasteiger partial charge in [0.1, 0.15) is 0 Å². The summed E-state index contributed by atoms with van der Waals surface area (Å²) in [6.45, 7) is 2.66. The van der Waals surface area contributed by atoms with E-state index in [0.29, 0.717) is 18.6 Å². The van der Waals surface area contributed by atoms with Gasteiger partial charge >= 0.3 is 6.03 Å². The van der Waals surface area contributed by atoms with Gasteiger partial charge in [-0.05, 0) is 19.8 Å². The molecular formula is C10H16N4O. The second-order valence-electron chi connectivity index (χ2n) is 4.72. The highest BCUT2D eigenvalue weighted by Crippen LogP contribution is 2.49. The highest BCUT2D eigenvalue weighted by molar-refractivity contribution is 5.75. The Bertz CT molecular complexity index is 305. The number of amides is 2. The number of rotatable bonds is 1. The highest BCUT2D eigenvalue weighted by atomic mass is 16.2. The molecule has 82 valence electrons. The first kappa shape index (κ1) is 9.12. The van der Waals surface area contributed by atoms with Crippen molar-refractivity contribution in [2.24, 2.45) is 10.2 Å². The molecule has 0 radical (unpaired) electrons. The maximum absolute atomic E-state index is 11.8. The fourth-order valence-electron chi connectivity index (χ4n) is 3.01. The number of carbonyl (C=O) groups is 1. The van der Waals surface area contributed by atoms with E-state index in [1.807, 2.05) is 11.8 Å².